The van der Waals surface area contributed by atoms with Crippen molar-refractivity contribution >= 4 is 22.4 Å². The van der Waals surface area contributed by atoms with Gasteiger partial charge in [0.1, 0.15) is 11.5 Å². The summed E-state index contributed by atoms with van der Waals surface area (Å²) in [4.78, 5) is 15.3. The summed E-state index contributed by atoms with van der Waals surface area (Å²) in [6.45, 7) is 0. The van der Waals surface area contributed by atoms with Crippen LogP contribution in [0.5, 0.6) is 11.5 Å². The summed E-state index contributed by atoms with van der Waals surface area (Å²) in [6, 6.07) is 12.1. The Morgan fingerprint density at radius 3 is 2.76 bits per heavy atom. The Bertz CT molecular complexity index is 831. The van der Waals surface area contributed by atoms with Gasteiger partial charge in [-0.05, 0) is 36.4 Å². The largest absolute Gasteiger partial charge is 0.457 e. The first-order valence-electron chi connectivity index (χ1n) is 6.35. The number of ether oxygens (including phenoxy) is 1. The lowest BCUT2D eigenvalue weighted by molar-refractivity contribution is 0.1000. The second-order valence-electron chi connectivity index (χ2n) is 4.57. The third-order valence-electron chi connectivity index (χ3n) is 3.16. The van der Waals surface area contributed by atoms with Crippen molar-refractivity contribution in [2.24, 2.45) is 5.73 Å². The zero-order valence-electron chi connectivity index (χ0n) is 11.1. The van der Waals surface area contributed by atoms with Crippen LogP contribution in [0, 0.1) is 0 Å². The third kappa shape index (κ3) is 2.49. The highest BCUT2D eigenvalue weighted by Gasteiger charge is 2.08. The van der Waals surface area contributed by atoms with E-state index in [4.69, 9.17) is 16.2 Å². The summed E-state index contributed by atoms with van der Waals surface area (Å²) in [6.07, 6.45) is 3.37. The second kappa shape index (κ2) is 5.13. The number of hydrogen-bond donors (Lipinski definition) is 2. The van der Waals surface area contributed by atoms with Crippen molar-refractivity contribution in [3.63, 3.8) is 0 Å². The molecule has 0 bridgehead atoms. The van der Waals surface area contributed by atoms with Gasteiger partial charge in [0.15, 0.2) is 0 Å². The summed E-state index contributed by atoms with van der Waals surface area (Å²) in [5, 5.41) is 1.68. The van der Waals surface area contributed by atoms with Gasteiger partial charge < -0.3 is 16.2 Å². The molecule has 0 saturated heterocycles. The molecule has 21 heavy (non-hydrogen) atoms. The normalized spacial score (nSPS) is 10.5. The summed E-state index contributed by atoms with van der Waals surface area (Å²) in [5.74, 6) is 0.652. The van der Waals surface area contributed by atoms with E-state index in [0.717, 1.165) is 10.8 Å². The van der Waals surface area contributed by atoms with E-state index in [1.165, 1.54) is 0 Å². The molecule has 3 aromatic rings. The second-order valence-corrected chi connectivity index (χ2v) is 4.57. The molecular weight excluding hydrogens is 266 g/mol. The fourth-order valence-corrected chi connectivity index (χ4v) is 2.12. The molecule has 0 fully saturated rings. The highest BCUT2D eigenvalue weighted by Crippen LogP contribution is 2.32. The topological polar surface area (TPSA) is 91.2 Å². The van der Waals surface area contributed by atoms with Gasteiger partial charge in [-0.15, -0.1) is 0 Å². The van der Waals surface area contributed by atoms with Crippen LogP contribution < -0.4 is 16.2 Å². The van der Waals surface area contributed by atoms with Gasteiger partial charge in [-0.25, -0.2) is 0 Å². The molecule has 1 heterocycles. The quantitative estimate of drug-likeness (QED) is 0.721. The molecule has 0 aliphatic carbocycles. The number of carbonyl (C=O) groups excluding carboxylic acids is 1. The van der Waals surface area contributed by atoms with E-state index in [1.807, 2.05) is 6.07 Å². The lowest BCUT2D eigenvalue weighted by Crippen LogP contribution is -2.10. The number of aromatic nitrogens is 1. The van der Waals surface area contributed by atoms with Gasteiger partial charge in [-0.1, -0.05) is 6.07 Å². The van der Waals surface area contributed by atoms with Crippen molar-refractivity contribution in [1.82, 2.24) is 4.98 Å². The van der Waals surface area contributed by atoms with Crippen molar-refractivity contribution in [2.45, 2.75) is 0 Å². The van der Waals surface area contributed by atoms with E-state index < -0.39 is 5.91 Å². The minimum Gasteiger partial charge on any atom is -0.457 e. The predicted octanol–water partition coefficient (Wildman–Crippen LogP) is 2.71. The first-order valence-corrected chi connectivity index (χ1v) is 6.35. The van der Waals surface area contributed by atoms with Crippen molar-refractivity contribution in [3.8, 4) is 11.5 Å². The molecule has 1 aromatic heterocycles. The Morgan fingerprint density at radius 1 is 1.10 bits per heavy atom. The van der Waals surface area contributed by atoms with Gasteiger partial charge >= 0.3 is 0 Å². The minimum atomic E-state index is -0.496. The number of primary amides is 1. The number of nitrogens with two attached hydrogens (primary N) is 2. The number of nitrogens with zero attached hydrogens (tertiary/aromatic N) is 1. The number of rotatable bonds is 3. The maximum Gasteiger partial charge on any atom is 0.248 e. The van der Waals surface area contributed by atoms with Gasteiger partial charge in [0.05, 0.1) is 0 Å². The Kier molecular flexibility index (Phi) is 3.16. The van der Waals surface area contributed by atoms with E-state index >= 15 is 0 Å². The van der Waals surface area contributed by atoms with Crippen molar-refractivity contribution in [3.05, 3.63) is 60.4 Å². The number of benzene rings is 2. The van der Waals surface area contributed by atoms with Gasteiger partial charge in [-0.2, -0.15) is 0 Å². The number of anilines is 1. The van der Waals surface area contributed by atoms with Crippen LogP contribution in [-0.4, -0.2) is 10.9 Å². The average Bonchev–Trinajstić information content (AvgIpc) is 2.51. The van der Waals surface area contributed by atoms with Crippen LogP contribution >= 0.6 is 0 Å². The molecule has 104 valence electrons. The number of nitrogen functional groups attached to an aromatic ring is 1. The first kappa shape index (κ1) is 12.9. The lowest BCUT2D eigenvalue weighted by atomic mass is 10.1. The number of hydrogen-bond acceptors (Lipinski definition) is 4. The summed E-state index contributed by atoms with van der Waals surface area (Å²) < 4.78 is 5.83. The van der Waals surface area contributed by atoms with Gasteiger partial charge in [0.25, 0.3) is 0 Å². The number of pyridine rings is 1. The zero-order chi connectivity index (χ0) is 14.8. The van der Waals surface area contributed by atoms with E-state index in [-0.39, 0.29) is 0 Å². The van der Waals surface area contributed by atoms with Crippen LogP contribution in [-0.2, 0) is 0 Å². The third-order valence-corrected chi connectivity index (χ3v) is 3.16. The van der Waals surface area contributed by atoms with Crippen molar-refractivity contribution < 1.29 is 9.53 Å². The summed E-state index contributed by atoms with van der Waals surface area (Å²) in [5.41, 5.74) is 12.3. The fraction of sp³-hybridized carbons (Fsp3) is 0. The smallest absolute Gasteiger partial charge is 0.248 e. The van der Waals surface area contributed by atoms with Gasteiger partial charge in [0, 0.05) is 34.4 Å². The molecule has 5 heteroatoms. The lowest BCUT2D eigenvalue weighted by Gasteiger charge is -2.10. The maximum atomic E-state index is 11.2. The van der Waals surface area contributed by atoms with Crippen LogP contribution in [0.4, 0.5) is 5.69 Å². The van der Waals surface area contributed by atoms with Crippen LogP contribution in [0.15, 0.2) is 54.9 Å². The molecule has 0 atom stereocenters. The number of amides is 1. The first-order chi connectivity index (χ1) is 10.1. The monoisotopic (exact) mass is 279 g/mol. The molecule has 0 spiro atoms. The Morgan fingerprint density at radius 2 is 1.95 bits per heavy atom. The molecule has 0 aliphatic heterocycles. The summed E-state index contributed by atoms with van der Waals surface area (Å²) >= 11 is 0. The fourth-order valence-electron chi connectivity index (χ4n) is 2.12. The Balaban J connectivity index is 2.04. The molecule has 2 aromatic carbocycles. The Hall–Kier alpha value is -3.08. The molecule has 0 saturated carbocycles. The maximum absolute atomic E-state index is 11.2. The van der Waals surface area contributed by atoms with Gasteiger partial charge in [-0.3, -0.25) is 9.78 Å². The van der Waals surface area contributed by atoms with Crippen LogP contribution in [0.1, 0.15) is 10.4 Å². The number of carbonyl (C=O) groups is 1. The molecule has 0 aliphatic rings. The number of fused-ring (bicyclic) bond motifs is 1. The molecule has 0 radical (unpaired) electrons. The van der Waals surface area contributed by atoms with Crippen molar-refractivity contribution in [1.29, 1.82) is 0 Å². The van der Waals surface area contributed by atoms with Crippen LogP contribution in [0.25, 0.3) is 10.8 Å². The van der Waals surface area contributed by atoms with Crippen molar-refractivity contribution in [2.75, 3.05) is 5.73 Å². The minimum absolute atomic E-state index is 0.394. The zero-order valence-corrected chi connectivity index (χ0v) is 11.1. The molecule has 0 unspecified atom stereocenters. The van der Waals surface area contributed by atoms with E-state index in [2.05, 4.69) is 4.98 Å². The van der Waals surface area contributed by atoms with E-state index in [1.54, 1.807) is 48.8 Å². The van der Waals surface area contributed by atoms with E-state index in [0.29, 0.717) is 22.7 Å². The van der Waals surface area contributed by atoms with Crippen LogP contribution in [0.3, 0.4) is 0 Å². The molecule has 5 nitrogen and oxygen atoms in total. The standard InChI is InChI=1S/C16H13N3O2/c17-14-4-5-15(13-9-19-7-6-12(13)14)21-11-3-1-2-10(8-11)16(18)20/h1-9H,17H2,(H2,18,20). The predicted molar refractivity (Wildman–Crippen MR) is 81.2 cm³/mol. The van der Waals surface area contributed by atoms with E-state index in [9.17, 15) is 4.79 Å². The highest BCUT2D eigenvalue weighted by atomic mass is 16.5. The SMILES string of the molecule is NC(=O)c1cccc(Oc2ccc(N)c3ccncc23)c1. The van der Waals surface area contributed by atoms with Crippen LogP contribution in [0.2, 0.25) is 0 Å². The average molecular weight is 279 g/mol. The molecular formula is C16H13N3O2. The van der Waals surface area contributed by atoms with Gasteiger partial charge in [0.2, 0.25) is 5.91 Å². The molecule has 1 amide bonds. The Labute approximate surface area is 121 Å². The highest BCUT2D eigenvalue weighted by molar-refractivity contribution is 5.96. The molecule has 4 N–H and O–H groups in total. The summed E-state index contributed by atoms with van der Waals surface area (Å²) in [7, 11) is 0. The molecule has 3 rings (SSSR count).